The van der Waals surface area contributed by atoms with Crippen molar-refractivity contribution in [2.75, 3.05) is 26.2 Å². The molecule has 3 saturated heterocycles. The molecule has 3 aliphatic heterocycles. The summed E-state index contributed by atoms with van der Waals surface area (Å²) in [5.41, 5.74) is 1.01. The topological polar surface area (TPSA) is 140 Å². The Morgan fingerprint density at radius 1 is 0.870 bits per heavy atom. The fraction of sp³-hybridized carbons (Fsp3) is 0.605. The van der Waals surface area contributed by atoms with Crippen LogP contribution >= 0.6 is 0 Å². The van der Waals surface area contributed by atoms with Gasteiger partial charge < -0.3 is 30.5 Å². The molecule has 2 aromatic rings. The van der Waals surface area contributed by atoms with E-state index in [0.717, 1.165) is 43.6 Å². The fourth-order valence-corrected chi connectivity index (χ4v) is 7.85. The average Bonchev–Trinajstić information content (AvgIpc) is 3.86. The number of unbranched alkanes of at least 4 members (excludes halogenated alkanes) is 1. The SMILES string of the molecule is CC(C)CC(NC(=O)[C@H](Cc1ccccc1)N1C(=O)C(NC(=O)[C@H](CCc2ccccc2)NC(=O)CCCCN2CCCCC2)CC1C)C(=O)C1(C)CO1. The molecule has 4 amide bonds. The van der Waals surface area contributed by atoms with E-state index in [-0.39, 0.29) is 36.0 Å². The maximum atomic E-state index is 14.2. The molecule has 3 heterocycles. The molecule has 3 aliphatic rings. The third-order valence-electron chi connectivity index (χ3n) is 11.1. The largest absolute Gasteiger partial charge is 0.361 e. The van der Waals surface area contributed by atoms with Gasteiger partial charge in [0.25, 0.3) is 0 Å². The Labute approximate surface area is 321 Å². The molecule has 6 atom stereocenters. The quantitative estimate of drug-likeness (QED) is 0.135. The summed E-state index contributed by atoms with van der Waals surface area (Å²) < 4.78 is 5.44. The summed E-state index contributed by atoms with van der Waals surface area (Å²) in [6.07, 6.45) is 7.69. The van der Waals surface area contributed by atoms with Crippen LogP contribution in [-0.4, -0.2) is 101 Å². The lowest BCUT2D eigenvalue weighted by atomic mass is 9.92. The smallest absolute Gasteiger partial charge is 0.246 e. The molecule has 3 N–H and O–H groups in total. The molecule has 11 nitrogen and oxygen atoms in total. The number of nitrogens with zero attached hydrogens (tertiary/aromatic N) is 2. The first-order valence-electron chi connectivity index (χ1n) is 20.1. The van der Waals surface area contributed by atoms with Gasteiger partial charge in [-0.15, -0.1) is 0 Å². The minimum absolute atomic E-state index is 0.135. The number of hydrogen-bond acceptors (Lipinski definition) is 7. The molecule has 2 aromatic carbocycles. The third kappa shape index (κ3) is 11.7. The lowest BCUT2D eigenvalue weighted by Gasteiger charge is -2.33. The summed E-state index contributed by atoms with van der Waals surface area (Å²) in [6, 6.07) is 15.6. The Balaban J connectivity index is 1.26. The normalized spacial score (nSPS) is 23.1. The summed E-state index contributed by atoms with van der Waals surface area (Å²) in [5, 5.41) is 8.94. The van der Waals surface area contributed by atoms with Gasteiger partial charge in [-0.3, -0.25) is 24.0 Å². The van der Waals surface area contributed by atoms with Crippen LogP contribution in [0.2, 0.25) is 0 Å². The number of rotatable bonds is 20. The summed E-state index contributed by atoms with van der Waals surface area (Å²) in [5.74, 6) is -1.39. The van der Waals surface area contributed by atoms with Crippen molar-refractivity contribution in [1.82, 2.24) is 25.8 Å². The van der Waals surface area contributed by atoms with Gasteiger partial charge in [-0.05, 0) is 102 Å². The molecule has 4 unspecified atom stereocenters. The number of hydrogen-bond donors (Lipinski definition) is 3. The number of Topliss-reactive ketones (excluding diaryl/α,β-unsaturated/α-hetero) is 1. The van der Waals surface area contributed by atoms with Crippen LogP contribution in [0.25, 0.3) is 0 Å². The highest BCUT2D eigenvalue weighted by Crippen LogP contribution is 2.30. The van der Waals surface area contributed by atoms with Crippen molar-refractivity contribution < 1.29 is 28.7 Å². The zero-order valence-corrected chi connectivity index (χ0v) is 32.7. The molecule has 0 saturated carbocycles. The molecular formula is C43H61N5O6. The highest BCUT2D eigenvalue weighted by atomic mass is 16.6. The number of piperidine rings is 1. The van der Waals surface area contributed by atoms with E-state index in [2.05, 4.69) is 20.9 Å². The van der Waals surface area contributed by atoms with Crippen molar-refractivity contribution >= 4 is 29.4 Å². The average molecular weight is 744 g/mol. The van der Waals surface area contributed by atoms with Crippen molar-refractivity contribution in [3.8, 4) is 0 Å². The predicted molar refractivity (Wildman–Crippen MR) is 208 cm³/mol. The molecule has 0 bridgehead atoms. The molecule has 0 radical (unpaired) electrons. The van der Waals surface area contributed by atoms with Crippen molar-refractivity contribution in [2.24, 2.45) is 5.92 Å². The van der Waals surface area contributed by atoms with E-state index in [0.29, 0.717) is 38.7 Å². The molecule has 294 valence electrons. The highest BCUT2D eigenvalue weighted by molar-refractivity contribution is 5.99. The number of ketones is 1. The first-order chi connectivity index (χ1) is 25.9. The molecule has 54 heavy (non-hydrogen) atoms. The van der Waals surface area contributed by atoms with Gasteiger partial charge in [0, 0.05) is 18.9 Å². The van der Waals surface area contributed by atoms with Crippen molar-refractivity contribution in [3.05, 3.63) is 71.8 Å². The van der Waals surface area contributed by atoms with Gasteiger partial charge in [-0.25, -0.2) is 0 Å². The van der Waals surface area contributed by atoms with Gasteiger partial charge in [-0.1, -0.05) is 80.9 Å². The second-order valence-corrected chi connectivity index (χ2v) is 16.2. The van der Waals surface area contributed by atoms with E-state index in [4.69, 9.17) is 4.74 Å². The van der Waals surface area contributed by atoms with Crippen molar-refractivity contribution in [1.29, 1.82) is 0 Å². The zero-order chi connectivity index (χ0) is 38.7. The molecule has 0 spiro atoms. The molecule has 0 aromatic heterocycles. The van der Waals surface area contributed by atoms with Crippen LogP contribution in [-0.2, 0) is 41.6 Å². The van der Waals surface area contributed by atoms with Crippen LogP contribution in [0.5, 0.6) is 0 Å². The highest BCUT2D eigenvalue weighted by Gasteiger charge is 2.51. The van der Waals surface area contributed by atoms with E-state index >= 15 is 0 Å². The van der Waals surface area contributed by atoms with Gasteiger partial charge in [-0.2, -0.15) is 0 Å². The van der Waals surface area contributed by atoms with Gasteiger partial charge in [0.2, 0.25) is 23.6 Å². The van der Waals surface area contributed by atoms with Crippen molar-refractivity contribution in [2.45, 2.75) is 134 Å². The number of carbonyl (C=O) groups excluding carboxylic acids is 5. The monoisotopic (exact) mass is 743 g/mol. The number of amides is 4. The molecule has 5 rings (SSSR count). The number of nitrogens with one attached hydrogen (secondary N) is 3. The Bertz CT molecular complexity index is 1560. The minimum Gasteiger partial charge on any atom is -0.361 e. The summed E-state index contributed by atoms with van der Waals surface area (Å²) in [4.78, 5) is 73.0. The Morgan fingerprint density at radius 2 is 1.52 bits per heavy atom. The van der Waals surface area contributed by atoms with Crippen LogP contribution in [0.15, 0.2) is 60.7 Å². The first-order valence-corrected chi connectivity index (χ1v) is 20.1. The van der Waals surface area contributed by atoms with Gasteiger partial charge >= 0.3 is 0 Å². The number of epoxide rings is 1. The van der Waals surface area contributed by atoms with Gasteiger partial charge in [0.05, 0.1) is 12.6 Å². The van der Waals surface area contributed by atoms with Crippen LogP contribution in [0.4, 0.5) is 0 Å². The van der Waals surface area contributed by atoms with Gasteiger partial charge in [0.15, 0.2) is 5.78 Å². The lowest BCUT2D eigenvalue weighted by Crippen LogP contribution is -2.57. The Kier molecular flexibility index (Phi) is 14.8. The van der Waals surface area contributed by atoms with Gasteiger partial charge in [0.1, 0.15) is 23.7 Å². The van der Waals surface area contributed by atoms with E-state index < -0.39 is 41.6 Å². The Morgan fingerprint density at radius 3 is 2.15 bits per heavy atom. The maximum Gasteiger partial charge on any atom is 0.246 e. The first kappa shape index (κ1) is 41.1. The molecular weight excluding hydrogens is 683 g/mol. The number of ether oxygens (including phenoxy) is 1. The standard InChI is InChI=1S/C43H61N5O6/c1-30(2)26-35(39(50)43(4)29-54-43)45-41(52)37(28-33-18-10-6-11-19-33)48-31(3)27-36(42(48)53)46-40(51)34(22-21-32-16-8-5-9-17-32)44-38(49)20-12-15-25-47-23-13-7-14-24-47/h5-6,8-11,16-19,30-31,34-37H,7,12-15,20-29H2,1-4H3,(H,44,49)(H,45,52)(H,46,51)/t31?,34-,35?,36?,37-,43?/m0/s1. The van der Waals surface area contributed by atoms with Crippen molar-refractivity contribution in [3.63, 3.8) is 0 Å². The summed E-state index contributed by atoms with van der Waals surface area (Å²) in [7, 11) is 0. The lowest BCUT2D eigenvalue weighted by molar-refractivity contribution is -0.142. The van der Waals surface area contributed by atoms with Crippen LogP contribution < -0.4 is 16.0 Å². The molecule has 0 aliphatic carbocycles. The van der Waals surface area contributed by atoms with Crippen LogP contribution in [0, 0.1) is 5.92 Å². The summed E-state index contributed by atoms with van der Waals surface area (Å²) >= 11 is 0. The molecule has 3 fully saturated rings. The third-order valence-corrected chi connectivity index (χ3v) is 11.1. The van der Waals surface area contributed by atoms with Crippen LogP contribution in [0.1, 0.15) is 96.6 Å². The number of likely N-dealkylation sites (tertiary alicyclic amines) is 2. The van der Waals surface area contributed by atoms with E-state index in [1.807, 2.05) is 81.4 Å². The van der Waals surface area contributed by atoms with E-state index in [9.17, 15) is 24.0 Å². The summed E-state index contributed by atoms with van der Waals surface area (Å²) in [6.45, 7) is 11.1. The molecule has 11 heteroatoms. The maximum absolute atomic E-state index is 14.2. The number of aryl methyl sites for hydroxylation is 1. The number of carbonyl (C=O) groups is 5. The Hall–Kier alpha value is -4.09. The predicted octanol–water partition coefficient (Wildman–Crippen LogP) is 4.37. The second-order valence-electron chi connectivity index (χ2n) is 16.2. The zero-order valence-electron chi connectivity index (χ0n) is 32.7. The van der Waals surface area contributed by atoms with Crippen LogP contribution in [0.3, 0.4) is 0 Å². The fourth-order valence-electron chi connectivity index (χ4n) is 7.85. The second kappa shape index (κ2) is 19.5. The number of benzene rings is 2. The van der Waals surface area contributed by atoms with E-state index in [1.54, 1.807) is 11.8 Å². The minimum atomic E-state index is -0.911. The van der Waals surface area contributed by atoms with E-state index in [1.165, 1.54) is 19.3 Å².